The fourth-order valence-electron chi connectivity index (χ4n) is 2.91. The normalized spacial score (nSPS) is 13.4. The average Bonchev–Trinajstić information content (AvgIpc) is 3.25. The predicted octanol–water partition coefficient (Wildman–Crippen LogP) is 3.52. The fraction of sp³-hybridized carbons (Fsp3) is 0.200. The maximum atomic E-state index is 12.5. The minimum atomic E-state index is -0.288. The third-order valence-corrected chi connectivity index (χ3v) is 4.27. The van der Waals surface area contributed by atoms with Crippen LogP contribution >= 0.6 is 0 Å². The van der Waals surface area contributed by atoms with Gasteiger partial charge in [-0.3, -0.25) is 14.8 Å². The van der Waals surface area contributed by atoms with Crippen molar-refractivity contribution in [2.75, 3.05) is 23.3 Å². The number of hydrogen-bond donors (Lipinski definition) is 1. The van der Waals surface area contributed by atoms with E-state index in [9.17, 15) is 4.79 Å². The van der Waals surface area contributed by atoms with Gasteiger partial charge in [0.2, 0.25) is 0 Å². The molecular weight excluding hydrogens is 342 g/mol. The van der Waals surface area contributed by atoms with Crippen LogP contribution in [0.25, 0.3) is 0 Å². The first kappa shape index (κ1) is 17.0. The lowest BCUT2D eigenvalue weighted by Crippen LogP contribution is -2.21. The summed E-state index contributed by atoms with van der Waals surface area (Å²) in [7, 11) is 0. The van der Waals surface area contributed by atoms with Gasteiger partial charge in [0.1, 0.15) is 23.0 Å². The molecule has 1 aliphatic rings. The number of amides is 1. The van der Waals surface area contributed by atoms with Crippen molar-refractivity contribution in [3.8, 4) is 11.5 Å². The number of aromatic nitrogens is 3. The molecule has 4 rings (SSSR count). The Morgan fingerprint density at radius 2 is 1.78 bits per heavy atom. The maximum Gasteiger partial charge on any atom is 0.275 e. The van der Waals surface area contributed by atoms with Crippen molar-refractivity contribution in [1.29, 1.82) is 0 Å². The first-order valence-corrected chi connectivity index (χ1v) is 8.84. The van der Waals surface area contributed by atoms with Gasteiger partial charge in [-0.25, -0.2) is 4.98 Å². The zero-order chi connectivity index (χ0) is 18.5. The molecule has 1 fully saturated rings. The molecule has 3 aromatic rings. The summed E-state index contributed by atoms with van der Waals surface area (Å²) in [5, 5.41) is 2.84. The van der Waals surface area contributed by atoms with E-state index in [2.05, 4.69) is 25.2 Å². The van der Waals surface area contributed by atoms with Crippen molar-refractivity contribution in [3.63, 3.8) is 0 Å². The Labute approximate surface area is 157 Å². The average molecular weight is 361 g/mol. The number of carbonyl (C=O) groups excluding carboxylic acids is 1. The molecule has 0 saturated carbocycles. The second-order valence-electron chi connectivity index (χ2n) is 6.23. The van der Waals surface area contributed by atoms with Crippen molar-refractivity contribution in [3.05, 3.63) is 66.9 Å². The second kappa shape index (κ2) is 7.82. The van der Waals surface area contributed by atoms with Crippen molar-refractivity contribution >= 4 is 17.4 Å². The van der Waals surface area contributed by atoms with Crippen LogP contribution in [0.15, 0.2) is 61.2 Å². The number of ether oxygens (including phenoxy) is 1. The highest BCUT2D eigenvalue weighted by Gasteiger charge is 2.16. The second-order valence-corrected chi connectivity index (χ2v) is 6.23. The Bertz CT molecular complexity index is 909. The third kappa shape index (κ3) is 4.20. The molecule has 0 radical (unpaired) electrons. The van der Waals surface area contributed by atoms with E-state index in [-0.39, 0.29) is 5.91 Å². The lowest BCUT2D eigenvalue weighted by atomic mass is 10.3. The highest BCUT2D eigenvalue weighted by molar-refractivity contribution is 6.02. The highest BCUT2D eigenvalue weighted by Crippen LogP contribution is 2.22. The molecule has 0 aliphatic carbocycles. The molecule has 7 nitrogen and oxygen atoms in total. The highest BCUT2D eigenvalue weighted by atomic mass is 16.5. The number of rotatable bonds is 5. The fourth-order valence-corrected chi connectivity index (χ4v) is 2.91. The maximum absolute atomic E-state index is 12.5. The smallest absolute Gasteiger partial charge is 0.275 e. The number of nitrogens with one attached hydrogen (secondary N) is 1. The third-order valence-electron chi connectivity index (χ3n) is 4.27. The molecule has 0 bridgehead atoms. The van der Waals surface area contributed by atoms with Crippen LogP contribution in [0.5, 0.6) is 11.5 Å². The SMILES string of the molecule is O=C(Nc1ccc(Oc2cccnc2)cc1)c1cncc(N2CCCC2)n1. The number of benzene rings is 1. The number of pyridine rings is 1. The van der Waals surface area contributed by atoms with Crippen LogP contribution in [0, 0.1) is 0 Å². The van der Waals surface area contributed by atoms with Gasteiger partial charge >= 0.3 is 0 Å². The van der Waals surface area contributed by atoms with Gasteiger partial charge in [-0.2, -0.15) is 0 Å². The summed E-state index contributed by atoms with van der Waals surface area (Å²) >= 11 is 0. The summed E-state index contributed by atoms with van der Waals surface area (Å²) in [6.45, 7) is 1.91. The molecular formula is C20H19N5O2. The number of carbonyl (C=O) groups is 1. The molecule has 1 aromatic carbocycles. The van der Waals surface area contributed by atoms with E-state index in [0.717, 1.165) is 31.7 Å². The van der Waals surface area contributed by atoms with Crippen LogP contribution in [0.1, 0.15) is 23.3 Å². The van der Waals surface area contributed by atoms with Crippen molar-refractivity contribution < 1.29 is 9.53 Å². The molecule has 1 N–H and O–H groups in total. The van der Waals surface area contributed by atoms with Crippen LogP contribution in [-0.4, -0.2) is 33.9 Å². The van der Waals surface area contributed by atoms with Gasteiger partial charge in [-0.05, 0) is 49.2 Å². The number of nitrogens with zero attached hydrogens (tertiary/aromatic N) is 4. The van der Waals surface area contributed by atoms with Gasteiger partial charge in [0.25, 0.3) is 5.91 Å². The number of hydrogen-bond acceptors (Lipinski definition) is 6. The van der Waals surface area contributed by atoms with Gasteiger partial charge in [0.05, 0.1) is 18.6 Å². The zero-order valence-electron chi connectivity index (χ0n) is 14.7. The Kier molecular flexibility index (Phi) is 4.91. The summed E-state index contributed by atoms with van der Waals surface area (Å²) in [6, 6.07) is 10.8. The molecule has 2 aromatic heterocycles. The van der Waals surface area contributed by atoms with Crippen molar-refractivity contribution in [2.45, 2.75) is 12.8 Å². The van der Waals surface area contributed by atoms with E-state index in [1.54, 1.807) is 48.9 Å². The molecule has 1 aliphatic heterocycles. The Balaban J connectivity index is 1.41. The molecule has 0 spiro atoms. The standard InChI is InChI=1S/C20H19N5O2/c26-20(18-13-22-14-19(24-18)25-10-1-2-11-25)23-15-5-7-16(8-6-15)27-17-4-3-9-21-12-17/h3-9,12-14H,1-2,10-11H2,(H,23,26). The lowest BCUT2D eigenvalue weighted by Gasteiger charge is -2.16. The summed E-state index contributed by atoms with van der Waals surface area (Å²) in [6.07, 6.45) is 8.80. The van der Waals surface area contributed by atoms with Gasteiger partial charge in [-0.1, -0.05) is 0 Å². The summed E-state index contributed by atoms with van der Waals surface area (Å²) in [5.41, 5.74) is 0.960. The first-order chi connectivity index (χ1) is 13.3. The topological polar surface area (TPSA) is 80.2 Å². The lowest BCUT2D eigenvalue weighted by molar-refractivity contribution is 0.102. The van der Waals surface area contributed by atoms with E-state index in [0.29, 0.717) is 22.9 Å². The number of anilines is 2. The Morgan fingerprint density at radius 3 is 2.52 bits per heavy atom. The van der Waals surface area contributed by atoms with E-state index in [4.69, 9.17) is 4.74 Å². The van der Waals surface area contributed by atoms with E-state index in [1.165, 1.54) is 6.20 Å². The van der Waals surface area contributed by atoms with Crippen LogP contribution in [0.4, 0.5) is 11.5 Å². The van der Waals surface area contributed by atoms with Gasteiger partial charge in [-0.15, -0.1) is 0 Å². The van der Waals surface area contributed by atoms with Crippen molar-refractivity contribution in [1.82, 2.24) is 15.0 Å². The van der Waals surface area contributed by atoms with E-state index < -0.39 is 0 Å². The molecule has 0 unspecified atom stereocenters. The largest absolute Gasteiger partial charge is 0.456 e. The molecule has 136 valence electrons. The van der Waals surface area contributed by atoms with Gasteiger partial charge in [0, 0.05) is 25.0 Å². The van der Waals surface area contributed by atoms with E-state index in [1.807, 2.05) is 6.07 Å². The van der Waals surface area contributed by atoms with Gasteiger partial charge < -0.3 is 15.0 Å². The molecule has 7 heteroatoms. The first-order valence-electron chi connectivity index (χ1n) is 8.84. The van der Waals surface area contributed by atoms with E-state index >= 15 is 0 Å². The molecule has 3 heterocycles. The molecule has 0 atom stereocenters. The zero-order valence-corrected chi connectivity index (χ0v) is 14.7. The Morgan fingerprint density at radius 1 is 0.963 bits per heavy atom. The van der Waals surface area contributed by atoms with Gasteiger partial charge in [0.15, 0.2) is 0 Å². The quantitative estimate of drug-likeness (QED) is 0.749. The minimum absolute atomic E-state index is 0.288. The molecule has 1 amide bonds. The summed E-state index contributed by atoms with van der Waals surface area (Å²) in [5.74, 6) is 1.78. The van der Waals surface area contributed by atoms with Crippen LogP contribution in [0.2, 0.25) is 0 Å². The van der Waals surface area contributed by atoms with Crippen LogP contribution in [-0.2, 0) is 0 Å². The predicted molar refractivity (Wildman–Crippen MR) is 102 cm³/mol. The Hall–Kier alpha value is -3.48. The molecule has 27 heavy (non-hydrogen) atoms. The van der Waals surface area contributed by atoms with Crippen LogP contribution in [0.3, 0.4) is 0 Å². The molecule has 1 saturated heterocycles. The summed E-state index contributed by atoms with van der Waals surface area (Å²) < 4.78 is 5.69. The minimum Gasteiger partial charge on any atom is -0.456 e. The summed E-state index contributed by atoms with van der Waals surface area (Å²) in [4.78, 5) is 27.2. The monoisotopic (exact) mass is 361 g/mol. The van der Waals surface area contributed by atoms with Crippen molar-refractivity contribution in [2.24, 2.45) is 0 Å². The van der Waals surface area contributed by atoms with Crippen LogP contribution < -0.4 is 15.0 Å².